The van der Waals surface area contributed by atoms with Gasteiger partial charge in [0.05, 0.1) is 0 Å². The van der Waals surface area contributed by atoms with Gasteiger partial charge in [-0.05, 0) is 17.7 Å². The molecule has 20 heavy (non-hydrogen) atoms. The molecule has 5 heteroatoms. The van der Waals surface area contributed by atoms with Crippen LogP contribution in [0.4, 0.5) is 0 Å². The molecule has 0 aromatic heterocycles. The third-order valence-corrected chi connectivity index (χ3v) is 4.74. The second kappa shape index (κ2) is 6.75. The number of aliphatic hydroxyl groups excluding tert-OH is 1. The molecule has 0 amide bonds. The summed E-state index contributed by atoms with van der Waals surface area (Å²) in [6.07, 6.45) is 0. The van der Waals surface area contributed by atoms with Crippen molar-refractivity contribution in [2.75, 3.05) is 32.8 Å². The maximum atomic E-state index is 9.81. The maximum Gasteiger partial charge on any atom is 0.0500 e. The van der Waals surface area contributed by atoms with Crippen LogP contribution >= 0.6 is 27.5 Å². The highest BCUT2D eigenvalue weighted by Gasteiger charge is 2.36. The summed E-state index contributed by atoms with van der Waals surface area (Å²) < 4.78 is 0.979. The molecule has 1 aromatic carbocycles. The smallest absolute Gasteiger partial charge is 0.0500 e. The monoisotopic (exact) mass is 360 g/mol. The Morgan fingerprint density at radius 3 is 2.60 bits per heavy atom. The van der Waals surface area contributed by atoms with E-state index in [0.717, 1.165) is 41.2 Å². The Balaban J connectivity index is 2.39. The summed E-state index contributed by atoms with van der Waals surface area (Å²) in [6.45, 7) is 8.23. The van der Waals surface area contributed by atoms with Gasteiger partial charge in [0.25, 0.3) is 0 Å². The predicted molar refractivity (Wildman–Crippen MR) is 87.2 cm³/mol. The van der Waals surface area contributed by atoms with Gasteiger partial charge in [-0.1, -0.05) is 47.4 Å². The fraction of sp³-hybridized carbons (Fsp3) is 0.600. The molecule has 1 atom stereocenters. The number of aliphatic hydroxyl groups is 1. The van der Waals surface area contributed by atoms with Crippen LogP contribution in [0.1, 0.15) is 25.5 Å². The largest absolute Gasteiger partial charge is 0.396 e. The first kappa shape index (κ1) is 16.2. The fourth-order valence-corrected chi connectivity index (χ4v) is 3.64. The molecule has 1 saturated heterocycles. The lowest BCUT2D eigenvalue weighted by atomic mass is 9.79. The number of piperazine rings is 1. The van der Waals surface area contributed by atoms with Gasteiger partial charge in [-0.15, -0.1) is 0 Å². The molecule has 3 nitrogen and oxygen atoms in total. The highest BCUT2D eigenvalue weighted by molar-refractivity contribution is 9.10. The number of hydrogen-bond donors (Lipinski definition) is 2. The minimum atomic E-state index is -0.241. The Kier molecular flexibility index (Phi) is 5.49. The Morgan fingerprint density at radius 2 is 2.05 bits per heavy atom. The normalized spacial score (nSPS) is 19.1. The molecule has 2 N–H and O–H groups in total. The molecule has 0 bridgehead atoms. The standard InChI is InChI=1S/C15H22BrClN2O/c1-15(2,10-20)14(19-7-5-18-6-8-19)12-4-3-11(16)9-13(12)17/h3-4,9,14,18,20H,5-8,10H2,1-2H3/t14-/m1/s1. The van der Waals surface area contributed by atoms with E-state index in [1.807, 2.05) is 12.1 Å². The molecular weight excluding hydrogens is 340 g/mol. The molecule has 0 spiro atoms. The first-order valence-corrected chi connectivity index (χ1v) is 8.13. The van der Waals surface area contributed by atoms with Crippen molar-refractivity contribution >= 4 is 27.5 Å². The lowest BCUT2D eigenvalue weighted by molar-refractivity contribution is 0.0306. The SMILES string of the molecule is CC(C)(CO)[C@@H](c1ccc(Br)cc1Cl)N1CCNCC1. The van der Waals surface area contributed by atoms with Crippen molar-refractivity contribution in [3.8, 4) is 0 Å². The second-order valence-electron chi connectivity index (χ2n) is 6.00. The van der Waals surface area contributed by atoms with E-state index < -0.39 is 0 Å². The van der Waals surface area contributed by atoms with Crippen LogP contribution in [0.5, 0.6) is 0 Å². The minimum absolute atomic E-state index is 0.121. The average Bonchev–Trinajstić information content (AvgIpc) is 2.43. The van der Waals surface area contributed by atoms with E-state index in [-0.39, 0.29) is 18.1 Å². The number of nitrogens with one attached hydrogen (secondary N) is 1. The summed E-state index contributed by atoms with van der Waals surface area (Å²) in [5, 5.41) is 13.9. The molecule has 0 aliphatic carbocycles. The molecular formula is C15H22BrClN2O. The lowest BCUT2D eigenvalue weighted by Crippen LogP contribution is -2.49. The van der Waals surface area contributed by atoms with Crippen molar-refractivity contribution in [2.24, 2.45) is 5.41 Å². The number of rotatable bonds is 4. The third-order valence-electron chi connectivity index (χ3n) is 3.92. The van der Waals surface area contributed by atoms with E-state index in [1.165, 1.54) is 0 Å². The Labute approximate surface area is 134 Å². The van der Waals surface area contributed by atoms with Crippen molar-refractivity contribution in [3.05, 3.63) is 33.3 Å². The van der Waals surface area contributed by atoms with E-state index >= 15 is 0 Å². The van der Waals surface area contributed by atoms with Crippen molar-refractivity contribution in [1.82, 2.24) is 10.2 Å². The fourth-order valence-electron chi connectivity index (χ4n) is 2.86. The predicted octanol–water partition coefficient (Wildman–Crippen LogP) is 3.07. The van der Waals surface area contributed by atoms with Gasteiger partial charge in [-0.3, -0.25) is 4.90 Å². The Bertz CT molecular complexity index is 461. The zero-order valence-corrected chi connectivity index (χ0v) is 14.3. The Hall–Kier alpha value is -0.130. The maximum absolute atomic E-state index is 9.81. The highest BCUT2D eigenvalue weighted by Crippen LogP contribution is 2.41. The van der Waals surface area contributed by atoms with Crippen molar-refractivity contribution in [1.29, 1.82) is 0 Å². The summed E-state index contributed by atoms with van der Waals surface area (Å²) in [6, 6.07) is 6.13. The van der Waals surface area contributed by atoms with Crippen LogP contribution in [0.15, 0.2) is 22.7 Å². The topological polar surface area (TPSA) is 35.5 Å². The Morgan fingerprint density at radius 1 is 1.40 bits per heavy atom. The number of halogens is 2. The summed E-state index contributed by atoms with van der Waals surface area (Å²) in [7, 11) is 0. The molecule has 0 unspecified atom stereocenters. The number of nitrogens with zero attached hydrogens (tertiary/aromatic N) is 1. The van der Waals surface area contributed by atoms with Crippen LogP contribution in [0.25, 0.3) is 0 Å². The van der Waals surface area contributed by atoms with Crippen molar-refractivity contribution < 1.29 is 5.11 Å². The van der Waals surface area contributed by atoms with Gasteiger partial charge in [0, 0.05) is 53.7 Å². The number of hydrogen-bond acceptors (Lipinski definition) is 3. The van der Waals surface area contributed by atoms with E-state index in [0.29, 0.717) is 0 Å². The molecule has 2 rings (SSSR count). The minimum Gasteiger partial charge on any atom is -0.396 e. The molecule has 0 radical (unpaired) electrons. The molecule has 1 fully saturated rings. The van der Waals surface area contributed by atoms with Gasteiger partial charge in [-0.25, -0.2) is 0 Å². The zero-order chi connectivity index (χ0) is 14.8. The molecule has 1 aliphatic heterocycles. The van der Waals surface area contributed by atoms with Crippen LogP contribution in [-0.4, -0.2) is 42.8 Å². The van der Waals surface area contributed by atoms with Gasteiger partial charge in [0.1, 0.15) is 0 Å². The molecule has 1 aromatic rings. The molecule has 1 heterocycles. The van der Waals surface area contributed by atoms with E-state index in [4.69, 9.17) is 11.6 Å². The molecule has 112 valence electrons. The number of benzene rings is 1. The van der Waals surface area contributed by atoms with Crippen LogP contribution in [0.2, 0.25) is 5.02 Å². The zero-order valence-electron chi connectivity index (χ0n) is 12.0. The van der Waals surface area contributed by atoms with Crippen LogP contribution in [0.3, 0.4) is 0 Å². The summed E-state index contributed by atoms with van der Waals surface area (Å²) in [4.78, 5) is 2.42. The van der Waals surface area contributed by atoms with E-state index in [2.05, 4.69) is 46.1 Å². The summed E-state index contributed by atoms with van der Waals surface area (Å²) in [5.41, 5.74) is 0.852. The van der Waals surface area contributed by atoms with E-state index in [1.54, 1.807) is 0 Å². The van der Waals surface area contributed by atoms with Crippen molar-refractivity contribution in [2.45, 2.75) is 19.9 Å². The third kappa shape index (κ3) is 3.55. The van der Waals surface area contributed by atoms with Crippen LogP contribution in [-0.2, 0) is 0 Å². The second-order valence-corrected chi connectivity index (χ2v) is 7.32. The molecule has 1 aliphatic rings. The highest BCUT2D eigenvalue weighted by atomic mass is 79.9. The summed E-state index contributed by atoms with van der Waals surface area (Å²) in [5.74, 6) is 0. The molecule has 0 saturated carbocycles. The average molecular weight is 362 g/mol. The van der Waals surface area contributed by atoms with Gasteiger partial charge in [-0.2, -0.15) is 0 Å². The van der Waals surface area contributed by atoms with Gasteiger partial charge >= 0.3 is 0 Å². The first-order valence-electron chi connectivity index (χ1n) is 6.96. The van der Waals surface area contributed by atoms with Crippen LogP contribution < -0.4 is 5.32 Å². The summed E-state index contributed by atoms with van der Waals surface area (Å²) >= 11 is 9.90. The van der Waals surface area contributed by atoms with Gasteiger partial charge in [0.15, 0.2) is 0 Å². The van der Waals surface area contributed by atoms with Gasteiger partial charge in [0.2, 0.25) is 0 Å². The lowest BCUT2D eigenvalue weighted by Gasteiger charge is -2.43. The van der Waals surface area contributed by atoms with Crippen LogP contribution in [0, 0.1) is 5.41 Å². The quantitative estimate of drug-likeness (QED) is 0.865. The van der Waals surface area contributed by atoms with Gasteiger partial charge < -0.3 is 10.4 Å². The van der Waals surface area contributed by atoms with Crippen molar-refractivity contribution in [3.63, 3.8) is 0 Å². The first-order chi connectivity index (χ1) is 9.45. The van der Waals surface area contributed by atoms with E-state index in [9.17, 15) is 5.11 Å².